The van der Waals surface area contributed by atoms with Crippen LogP contribution in [0.4, 0.5) is 28.4 Å². The minimum absolute atomic E-state index is 0.0827. The fraction of sp³-hybridized carbons (Fsp3) is 0.0612. The van der Waals surface area contributed by atoms with E-state index in [1.54, 1.807) is 0 Å². The van der Waals surface area contributed by atoms with E-state index in [9.17, 15) is 0 Å². The summed E-state index contributed by atoms with van der Waals surface area (Å²) < 4.78 is 0. The van der Waals surface area contributed by atoms with E-state index in [0.29, 0.717) is 5.92 Å². The number of anilines is 5. The standard InChI is InChI=1S/C49H34B2N2/c1-30(2)35-26-40-38-17-9-11-19-42(38)51-41-18-10-8-16-37(41)39-24-25-45-47-49(39)53(51)48(40)44(28-35)50(47)43-27-33-14-6-7-15-34(33)29-46(43)52(45)36-22-20-32(21-23-36)31-12-4-3-5-13-31/h3-30H,1-2H3. The summed E-state index contributed by atoms with van der Waals surface area (Å²) >= 11 is 0. The summed E-state index contributed by atoms with van der Waals surface area (Å²) in [5.74, 6) is 0.398. The van der Waals surface area contributed by atoms with Gasteiger partial charge in [-0.15, -0.1) is 0 Å². The van der Waals surface area contributed by atoms with Gasteiger partial charge in [-0.25, -0.2) is 0 Å². The van der Waals surface area contributed by atoms with E-state index in [0.717, 1.165) is 0 Å². The molecule has 8 aromatic carbocycles. The molecule has 0 unspecified atom stereocenters. The molecule has 0 saturated carbocycles. The minimum Gasteiger partial charge on any atom is -0.377 e. The van der Waals surface area contributed by atoms with E-state index in [2.05, 4.69) is 187 Å². The summed E-state index contributed by atoms with van der Waals surface area (Å²) in [4.78, 5) is 5.29. The molecule has 0 N–H and O–H groups in total. The molecule has 0 saturated heterocycles. The normalized spacial score (nSPS) is 13.9. The molecule has 0 atom stereocenters. The van der Waals surface area contributed by atoms with Crippen molar-refractivity contribution in [3.63, 3.8) is 0 Å². The highest BCUT2D eigenvalue weighted by molar-refractivity contribution is 7.03. The van der Waals surface area contributed by atoms with Gasteiger partial charge in [0.2, 0.25) is 0 Å². The smallest absolute Gasteiger partial charge is 0.329 e. The molecule has 4 aliphatic rings. The second-order valence-electron chi connectivity index (χ2n) is 15.4. The lowest BCUT2D eigenvalue weighted by Gasteiger charge is -2.51. The second-order valence-corrected chi connectivity index (χ2v) is 15.4. The van der Waals surface area contributed by atoms with Crippen molar-refractivity contribution in [3.05, 3.63) is 169 Å². The molecular weight excluding hydrogens is 638 g/mol. The van der Waals surface area contributed by atoms with Gasteiger partial charge in [-0.3, -0.25) is 0 Å². The first-order valence-electron chi connectivity index (χ1n) is 18.9. The molecule has 0 radical (unpaired) electrons. The van der Waals surface area contributed by atoms with Crippen molar-refractivity contribution in [1.29, 1.82) is 0 Å². The van der Waals surface area contributed by atoms with Gasteiger partial charge < -0.3 is 9.71 Å². The second kappa shape index (κ2) is 10.6. The van der Waals surface area contributed by atoms with Crippen LogP contribution in [0.1, 0.15) is 25.3 Å². The highest BCUT2D eigenvalue weighted by Crippen LogP contribution is 2.51. The van der Waals surface area contributed by atoms with E-state index < -0.39 is 0 Å². The van der Waals surface area contributed by atoms with Crippen LogP contribution in [-0.4, -0.2) is 13.6 Å². The number of rotatable bonds is 3. The SMILES string of the molecule is CC(C)c1cc2c3c(c1)-c1ccccc1B1c4ccccc4-c4ccc5c(c4N13)B2c1cc2ccccc2cc1N5c1ccc(-c2ccccc2)cc1. The molecule has 0 spiro atoms. The van der Waals surface area contributed by atoms with Gasteiger partial charge in [0.25, 0.3) is 6.71 Å². The highest BCUT2D eigenvalue weighted by Gasteiger charge is 2.51. The van der Waals surface area contributed by atoms with Gasteiger partial charge in [-0.05, 0) is 102 Å². The van der Waals surface area contributed by atoms with Crippen LogP contribution < -0.4 is 37.0 Å². The van der Waals surface area contributed by atoms with Gasteiger partial charge in [-0.1, -0.05) is 147 Å². The zero-order valence-electron chi connectivity index (χ0n) is 29.7. The number of nitrogens with zero attached hydrogens (tertiary/aromatic N) is 2. The Kier molecular flexibility index (Phi) is 5.90. The Morgan fingerprint density at radius 3 is 1.83 bits per heavy atom. The monoisotopic (exact) mass is 672 g/mol. The molecule has 0 aromatic heterocycles. The molecule has 8 aromatic rings. The number of fused-ring (bicyclic) bond motifs is 10. The molecule has 0 amide bonds. The van der Waals surface area contributed by atoms with E-state index in [1.165, 1.54) is 105 Å². The Bertz CT molecular complexity index is 2840. The Morgan fingerprint density at radius 2 is 1.09 bits per heavy atom. The topological polar surface area (TPSA) is 6.48 Å². The Balaban J connectivity index is 1.21. The van der Waals surface area contributed by atoms with Gasteiger partial charge in [-0.2, -0.15) is 0 Å². The van der Waals surface area contributed by atoms with Gasteiger partial charge in [0.15, 0.2) is 0 Å². The quantitative estimate of drug-likeness (QED) is 0.173. The largest absolute Gasteiger partial charge is 0.377 e. The van der Waals surface area contributed by atoms with E-state index in [-0.39, 0.29) is 13.6 Å². The summed E-state index contributed by atoms with van der Waals surface area (Å²) in [6.07, 6.45) is 0. The number of hydrogen-bond donors (Lipinski definition) is 0. The third-order valence-corrected chi connectivity index (χ3v) is 12.4. The van der Waals surface area contributed by atoms with Gasteiger partial charge >= 0.3 is 6.85 Å². The third kappa shape index (κ3) is 3.90. The number of hydrogen-bond acceptors (Lipinski definition) is 2. The maximum Gasteiger partial charge on any atom is 0.329 e. The van der Waals surface area contributed by atoms with Crippen molar-refractivity contribution < 1.29 is 0 Å². The lowest BCUT2D eigenvalue weighted by Crippen LogP contribution is -2.69. The lowest BCUT2D eigenvalue weighted by atomic mass is 9.30. The van der Waals surface area contributed by atoms with Crippen LogP contribution in [0.3, 0.4) is 0 Å². The van der Waals surface area contributed by atoms with Crippen molar-refractivity contribution in [2.75, 3.05) is 9.71 Å². The van der Waals surface area contributed by atoms with Crippen molar-refractivity contribution in [1.82, 2.24) is 0 Å². The van der Waals surface area contributed by atoms with Gasteiger partial charge in [0.05, 0.1) is 0 Å². The predicted molar refractivity (Wildman–Crippen MR) is 227 cm³/mol. The van der Waals surface area contributed by atoms with Crippen LogP contribution in [0, 0.1) is 0 Å². The average Bonchev–Trinajstić information content (AvgIpc) is 3.21. The van der Waals surface area contributed by atoms with E-state index >= 15 is 0 Å². The maximum absolute atomic E-state index is 2.74. The van der Waals surface area contributed by atoms with Crippen LogP contribution >= 0.6 is 0 Å². The molecule has 2 nitrogen and oxygen atoms in total. The summed E-state index contributed by atoms with van der Waals surface area (Å²) in [7, 11) is 0. The summed E-state index contributed by atoms with van der Waals surface area (Å²) in [6.45, 7) is 4.86. The molecule has 0 fully saturated rings. The average molecular weight is 672 g/mol. The molecule has 0 bridgehead atoms. The zero-order chi connectivity index (χ0) is 34.9. The molecule has 0 aliphatic carbocycles. The summed E-state index contributed by atoms with van der Waals surface area (Å²) in [5, 5.41) is 2.54. The third-order valence-electron chi connectivity index (χ3n) is 12.4. The first-order valence-corrected chi connectivity index (χ1v) is 18.9. The van der Waals surface area contributed by atoms with E-state index in [1.807, 2.05) is 0 Å². The molecule has 53 heavy (non-hydrogen) atoms. The van der Waals surface area contributed by atoms with Gasteiger partial charge in [0, 0.05) is 39.6 Å². The van der Waals surface area contributed by atoms with E-state index in [4.69, 9.17) is 0 Å². The first-order chi connectivity index (χ1) is 26.1. The number of benzene rings is 8. The van der Waals surface area contributed by atoms with Crippen LogP contribution in [0.15, 0.2) is 164 Å². The molecular formula is C49H34B2N2. The molecule has 4 heterocycles. The lowest BCUT2D eigenvalue weighted by molar-refractivity contribution is 0.868. The van der Waals surface area contributed by atoms with Crippen LogP contribution in [-0.2, 0) is 0 Å². The Labute approximate surface area is 311 Å². The zero-order valence-corrected chi connectivity index (χ0v) is 29.7. The van der Waals surface area contributed by atoms with Crippen LogP contribution in [0.5, 0.6) is 0 Å². The van der Waals surface area contributed by atoms with Crippen molar-refractivity contribution in [2.45, 2.75) is 19.8 Å². The molecule has 12 rings (SSSR count). The predicted octanol–water partition coefficient (Wildman–Crippen LogP) is 9.15. The Morgan fingerprint density at radius 1 is 0.453 bits per heavy atom. The minimum atomic E-state index is 0.0827. The molecule has 246 valence electrons. The molecule has 4 heteroatoms. The van der Waals surface area contributed by atoms with Crippen molar-refractivity contribution >= 4 is 80.1 Å². The van der Waals surface area contributed by atoms with Crippen molar-refractivity contribution in [3.8, 4) is 33.4 Å². The summed E-state index contributed by atoms with van der Waals surface area (Å²) in [6, 6.07) is 61.9. The highest BCUT2D eigenvalue weighted by atomic mass is 15.2. The Hall–Kier alpha value is -6.25. The maximum atomic E-state index is 2.74. The fourth-order valence-corrected chi connectivity index (χ4v) is 10.0. The molecule has 4 aliphatic heterocycles. The van der Waals surface area contributed by atoms with Crippen LogP contribution in [0.25, 0.3) is 44.2 Å². The van der Waals surface area contributed by atoms with Gasteiger partial charge in [0.1, 0.15) is 0 Å². The van der Waals surface area contributed by atoms with Crippen LogP contribution in [0.2, 0.25) is 0 Å². The fourth-order valence-electron chi connectivity index (χ4n) is 10.0. The summed E-state index contributed by atoms with van der Waals surface area (Å²) in [5.41, 5.74) is 22.7. The first kappa shape index (κ1) is 29.3. The van der Waals surface area contributed by atoms with Crippen molar-refractivity contribution in [2.24, 2.45) is 0 Å².